The molecule has 2 heterocycles. The predicted octanol–water partition coefficient (Wildman–Crippen LogP) is 2.02. The summed E-state index contributed by atoms with van der Waals surface area (Å²) in [5, 5.41) is 12.4. The number of nitrogens with one attached hydrogen (secondary N) is 1. The highest BCUT2D eigenvalue weighted by atomic mass is 16.4. The van der Waals surface area contributed by atoms with E-state index in [1.54, 1.807) is 19.4 Å². The topological polar surface area (TPSA) is 80.0 Å². The molecule has 0 saturated carbocycles. The molecule has 0 aliphatic heterocycles. The Morgan fingerprint density at radius 3 is 2.89 bits per heavy atom. The fourth-order valence-corrected chi connectivity index (χ4v) is 2.14. The summed E-state index contributed by atoms with van der Waals surface area (Å²) in [5.74, 6) is -0.375. The third-order valence-electron chi connectivity index (χ3n) is 3.26. The van der Waals surface area contributed by atoms with Crippen molar-refractivity contribution in [2.75, 3.05) is 5.32 Å². The highest BCUT2D eigenvalue weighted by molar-refractivity contribution is 5.89. The molecule has 1 unspecified atom stereocenters. The Morgan fingerprint density at radius 1 is 1.53 bits per heavy atom. The number of hydrogen-bond acceptors (Lipinski definition) is 4. The van der Waals surface area contributed by atoms with Crippen molar-refractivity contribution in [3.8, 4) is 0 Å². The number of nitrogens with zero attached hydrogens (tertiary/aromatic N) is 3. The maximum atomic E-state index is 11.4. The largest absolute Gasteiger partial charge is 0.480 e. The molecule has 0 aromatic carbocycles. The standard InChI is InChI=1S/C13H18N4O2/c1-4-6-13(2,12(18)19)16-11-10-9(5-7-14-11)17(3)8-15-10/h5,7-8H,4,6H2,1-3H3,(H,14,16)(H,18,19). The molecule has 0 radical (unpaired) electrons. The number of aryl methyl sites for hydroxylation is 1. The summed E-state index contributed by atoms with van der Waals surface area (Å²) in [6, 6.07) is 1.85. The van der Waals surface area contributed by atoms with Gasteiger partial charge in [0, 0.05) is 13.2 Å². The molecule has 6 heteroatoms. The molecule has 6 nitrogen and oxygen atoms in total. The van der Waals surface area contributed by atoms with Crippen molar-refractivity contribution in [1.29, 1.82) is 0 Å². The molecule has 1 atom stereocenters. The molecular formula is C13H18N4O2. The van der Waals surface area contributed by atoms with Crippen LogP contribution in [0.25, 0.3) is 11.0 Å². The minimum Gasteiger partial charge on any atom is -0.480 e. The van der Waals surface area contributed by atoms with Gasteiger partial charge in [0.15, 0.2) is 5.82 Å². The van der Waals surface area contributed by atoms with Gasteiger partial charge in [-0.1, -0.05) is 13.3 Å². The highest BCUT2D eigenvalue weighted by Gasteiger charge is 2.33. The van der Waals surface area contributed by atoms with E-state index in [-0.39, 0.29) is 0 Å². The Balaban J connectivity index is 2.42. The molecule has 2 aromatic heterocycles. The van der Waals surface area contributed by atoms with Gasteiger partial charge in [-0.3, -0.25) is 0 Å². The van der Waals surface area contributed by atoms with Crippen LogP contribution >= 0.6 is 0 Å². The van der Waals surface area contributed by atoms with Crippen LogP contribution in [0, 0.1) is 0 Å². The zero-order valence-electron chi connectivity index (χ0n) is 11.3. The van der Waals surface area contributed by atoms with E-state index in [2.05, 4.69) is 15.3 Å². The van der Waals surface area contributed by atoms with Crippen molar-refractivity contribution in [1.82, 2.24) is 14.5 Å². The second kappa shape index (κ2) is 4.87. The van der Waals surface area contributed by atoms with Crippen LogP contribution in [0.2, 0.25) is 0 Å². The smallest absolute Gasteiger partial charge is 0.329 e. The maximum Gasteiger partial charge on any atom is 0.329 e. The third kappa shape index (κ3) is 2.38. The molecule has 0 fully saturated rings. The zero-order chi connectivity index (χ0) is 14.0. The number of carbonyl (C=O) groups is 1. The fraction of sp³-hybridized carbons (Fsp3) is 0.462. The second-order valence-electron chi connectivity index (χ2n) is 4.90. The lowest BCUT2D eigenvalue weighted by atomic mass is 9.96. The Kier molecular flexibility index (Phi) is 3.42. The number of aliphatic carboxylic acids is 1. The normalized spacial score (nSPS) is 14.3. The van der Waals surface area contributed by atoms with E-state index in [9.17, 15) is 9.90 Å². The number of rotatable bonds is 5. The lowest BCUT2D eigenvalue weighted by molar-refractivity contribution is -0.142. The van der Waals surface area contributed by atoms with Crippen molar-refractivity contribution in [2.45, 2.75) is 32.2 Å². The molecule has 0 spiro atoms. The van der Waals surface area contributed by atoms with Crippen LogP contribution in [0.4, 0.5) is 5.82 Å². The highest BCUT2D eigenvalue weighted by Crippen LogP contribution is 2.24. The van der Waals surface area contributed by atoms with Gasteiger partial charge in [-0.2, -0.15) is 0 Å². The number of carboxylic acids is 1. The number of anilines is 1. The van der Waals surface area contributed by atoms with Crippen LogP contribution in [0.3, 0.4) is 0 Å². The molecule has 2 aromatic rings. The van der Waals surface area contributed by atoms with Gasteiger partial charge in [0.1, 0.15) is 11.1 Å². The van der Waals surface area contributed by atoms with Crippen LogP contribution in [-0.4, -0.2) is 31.1 Å². The van der Waals surface area contributed by atoms with Crippen molar-refractivity contribution >= 4 is 22.8 Å². The number of pyridine rings is 1. The van der Waals surface area contributed by atoms with Gasteiger partial charge in [-0.15, -0.1) is 0 Å². The van der Waals surface area contributed by atoms with E-state index in [4.69, 9.17) is 0 Å². The maximum absolute atomic E-state index is 11.4. The fourth-order valence-electron chi connectivity index (χ4n) is 2.14. The minimum absolute atomic E-state index is 0.511. The molecular weight excluding hydrogens is 244 g/mol. The van der Waals surface area contributed by atoms with Gasteiger partial charge < -0.3 is 15.0 Å². The van der Waals surface area contributed by atoms with Crippen LogP contribution in [0.1, 0.15) is 26.7 Å². The Bertz CT molecular complexity index is 608. The average molecular weight is 262 g/mol. The van der Waals surface area contributed by atoms with Gasteiger partial charge in [-0.05, 0) is 19.4 Å². The van der Waals surface area contributed by atoms with Crippen LogP contribution in [-0.2, 0) is 11.8 Å². The number of fused-ring (bicyclic) bond motifs is 1. The van der Waals surface area contributed by atoms with E-state index in [1.807, 2.05) is 24.6 Å². The summed E-state index contributed by atoms with van der Waals surface area (Å²) in [5.41, 5.74) is 0.573. The van der Waals surface area contributed by atoms with E-state index in [0.29, 0.717) is 17.8 Å². The van der Waals surface area contributed by atoms with Gasteiger partial charge in [0.2, 0.25) is 0 Å². The van der Waals surface area contributed by atoms with Gasteiger partial charge in [-0.25, -0.2) is 14.8 Å². The molecule has 0 aliphatic carbocycles. The number of hydrogen-bond donors (Lipinski definition) is 2. The van der Waals surface area contributed by atoms with Crippen molar-refractivity contribution in [3.63, 3.8) is 0 Å². The van der Waals surface area contributed by atoms with Crippen LogP contribution < -0.4 is 5.32 Å². The molecule has 102 valence electrons. The quantitative estimate of drug-likeness (QED) is 0.861. The first-order valence-electron chi connectivity index (χ1n) is 6.25. The monoisotopic (exact) mass is 262 g/mol. The summed E-state index contributed by atoms with van der Waals surface area (Å²) < 4.78 is 1.88. The van der Waals surface area contributed by atoms with Crippen LogP contribution in [0.5, 0.6) is 0 Å². The molecule has 0 bridgehead atoms. The zero-order valence-corrected chi connectivity index (χ0v) is 11.3. The summed E-state index contributed by atoms with van der Waals surface area (Å²) in [6.45, 7) is 3.62. The number of imidazole rings is 1. The molecule has 0 aliphatic rings. The number of carboxylic acid groups (broad SMARTS) is 1. The second-order valence-corrected chi connectivity index (χ2v) is 4.90. The summed E-state index contributed by atoms with van der Waals surface area (Å²) in [6.07, 6.45) is 4.64. The predicted molar refractivity (Wildman–Crippen MR) is 73.1 cm³/mol. The van der Waals surface area contributed by atoms with E-state index in [0.717, 1.165) is 11.9 Å². The molecule has 0 amide bonds. The van der Waals surface area contributed by atoms with Crippen molar-refractivity contribution in [2.24, 2.45) is 7.05 Å². The van der Waals surface area contributed by atoms with Crippen molar-refractivity contribution < 1.29 is 9.90 Å². The molecule has 19 heavy (non-hydrogen) atoms. The SMILES string of the molecule is CCCC(C)(Nc1nccc2c1ncn2C)C(=O)O. The summed E-state index contributed by atoms with van der Waals surface area (Å²) in [4.78, 5) is 19.9. The van der Waals surface area contributed by atoms with Crippen molar-refractivity contribution in [3.05, 3.63) is 18.6 Å². The molecule has 0 saturated heterocycles. The van der Waals surface area contributed by atoms with E-state index in [1.165, 1.54) is 0 Å². The molecule has 2 rings (SSSR count). The lowest BCUT2D eigenvalue weighted by Crippen LogP contribution is -2.43. The van der Waals surface area contributed by atoms with E-state index >= 15 is 0 Å². The third-order valence-corrected chi connectivity index (χ3v) is 3.26. The van der Waals surface area contributed by atoms with Gasteiger partial charge in [0.05, 0.1) is 11.8 Å². The lowest BCUT2D eigenvalue weighted by Gasteiger charge is -2.26. The summed E-state index contributed by atoms with van der Waals surface area (Å²) >= 11 is 0. The first-order chi connectivity index (χ1) is 8.98. The first kappa shape index (κ1) is 13.3. The average Bonchev–Trinajstić information content (AvgIpc) is 2.73. The first-order valence-corrected chi connectivity index (χ1v) is 6.25. The van der Waals surface area contributed by atoms with Crippen LogP contribution in [0.15, 0.2) is 18.6 Å². The number of aromatic nitrogens is 3. The van der Waals surface area contributed by atoms with E-state index < -0.39 is 11.5 Å². The van der Waals surface area contributed by atoms with Gasteiger partial charge in [0.25, 0.3) is 0 Å². The molecule has 2 N–H and O–H groups in total. The Morgan fingerprint density at radius 2 is 2.26 bits per heavy atom. The van der Waals surface area contributed by atoms with Gasteiger partial charge >= 0.3 is 5.97 Å². The Labute approximate surface area is 111 Å². The summed E-state index contributed by atoms with van der Waals surface area (Å²) in [7, 11) is 1.89. The Hall–Kier alpha value is -2.11. The minimum atomic E-state index is -1.03.